The summed E-state index contributed by atoms with van der Waals surface area (Å²) in [5, 5.41) is 0.971. The summed E-state index contributed by atoms with van der Waals surface area (Å²) in [4.78, 5) is 6.33. The summed E-state index contributed by atoms with van der Waals surface area (Å²) in [6, 6.07) is 13.8. The zero-order chi connectivity index (χ0) is 23.3. The van der Waals surface area contributed by atoms with Crippen LogP contribution in [0.15, 0.2) is 53.1 Å². The predicted octanol–water partition coefficient (Wildman–Crippen LogP) is 1.86. The van der Waals surface area contributed by atoms with E-state index in [1.165, 1.54) is 37.8 Å². The SMILES string of the molecule is [CH-]1CCCCC1.[CH2-]CN(C[CH2-])c1ccc(Br)cc1.[CH2-]Oc1c([CH2-])cc([CH2-])c2cccnc12.[Li+].[Li+]. The van der Waals surface area contributed by atoms with E-state index in [2.05, 4.69) is 79.2 Å². The van der Waals surface area contributed by atoms with Gasteiger partial charge in [0.25, 0.3) is 0 Å². The van der Waals surface area contributed by atoms with Crippen molar-refractivity contribution in [1.82, 2.24) is 4.98 Å². The molecule has 0 aliphatic heterocycles. The van der Waals surface area contributed by atoms with Crippen LogP contribution in [0, 0.1) is 41.2 Å². The van der Waals surface area contributed by atoms with E-state index in [0.717, 1.165) is 39.6 Å². The number of nitrogens with zero attached hydrogens (tertiary/aromatic N) is 2. The first-order valence-corrected chi connectivity index (χ1v) is 11.7. The maximum Gasteiger partial charge on any atom is 1.00 e. The Morgan fingerprint density at radius 3 is 2.03 bits per heavy atom. The van der Waals surface area contributed by atoms with E-state index in [4.69, 9.17) is 4.74 Å². The molecule has 3 nitrogen and oxygen atoms in total. The van der Waals surface area contributed by atoms with E-state index >= 15 is 0 Å². The Morgan fingerprint density at radius 1 is 0.941 bits per heavy atom. The van der Waals surface area contributed by atoms with Gasteiger partial charge in [0.2, 0.25) is 0 Å². The molecule has 0 spiro atoms. The molecule has 1 aromatic heterocycles. The zero-order valence-electron chi connectivity index (χ0n) is 20.9. The summed E-state index contributed by atoms with van der Waals surface area (Å²) in [6.45, 7) is 17.0. The molecule has 34 heavy (non-hydrogen) atoms. The van der Waals surface area contributed by atoms with Crippen molar-refractivity contribution < 1.29 is 42.5 Å². The summed E-state index contributed by atoms with van der Waals surface area (Å²) in [6.07, 6.45) is 11.2. The number of hydrogen-bond acceptors (Lipinski definition) is 3. The van der Waals surface area contributed by atoms with Crippen molar-refractivity contribution in [3.05, 3.63) is 105 Å². The van der Waals surface area contributed by atoms with E-state index < -0.39 is 0 Å². The third kappa shape index (κ3) is 10.2. The fraction of sp³-hybridized carbons (Fsp3) is 0.250. The number of ether oxygens (including phenoxy) is 1. The van der Waals surface area contributed by atoms with E-state index in [1.807, 2.05) is 30.3 Å². The van der Waals surface area contributed by atoms with Crippen LogP contribution in [0.25, 0.3) is 10.9 Å². The molecule has 0 amide bonds. The molecular weight excluding hydrogens is 474 g/mol. The van der Waals surface area contributed by atoms with Gasteiger partial charge in [0.1, 0.15) is 0 Å². The van der Waals surface area contributed by atoms with Crippen molar-refractivity contribution in [2.75, 3.05) is 18.0 Å². The van der Waals surface area contributed by atoms with Crippen molar-refractivity contribution in [2.24, 2.45) is 0 Å². The number of rotatable bonds is 4. The van der Waals surface area contributed by atoms with E-state index in [9.17, 15) is 0 Å². The molecule has 1 heterocycles. The third-order valence-corrected chi connectivity index (χ3v) is 5.73. The number of hydrogen-bond donors (Lipinski definition) is 0. The molecule has 1 fully saturated rings. The van der Waals surface area contributed by atoms with E-state index in [-0.39, 0.29) is 37.7 Å². The molecule has 0 saturated heterocycles. The smallest absolute Gasteiger partial charge is 0.721 e. The van der Waals surface area contributed by atoms with Crippen LogP contribution in [0.3, 0.4) is 0 Å². The average Bonchev–Trinajstić information content (AvgIpc) is 2.83. The van der Waals surface area contributed by atoms with E-state index in [1.54, 1.807) is 6.20 Å². The molecule has 6 heteroatoms. The van der Waals surface area contributed by atoms with Gasteiger partial charge >= 0.3 is 37.7 Å². The van der Waals surface area contributed by atoms with Crippen LogP contribution in [0.4, 0.5) is 5.69 Å². The fourth-order valence-corrected chi connectivity index (χ4v) is 3.70. The van der Waals surface area contributed by atoms with Crippen LogP contribution < -0.4 is 47.4 Å². The van der Waals surface area contributed by atoms with E-state index in [0.29, 0.717) is 5.75 Å². The molecule has 1 saturated carbocycles. The molecule has 3 aromatic rings. The topological polar surface area (TPSA) is 25.4 Å². The van der Waals surface area contributed by atoms with Crippen molar-refractivity contribution in [3.63, 3.8) is 0 Å². The van der Waals surface area contributed by atoms with Gasteiger partial charge in [0, 0.05) is 16.4 Å². The van der Waals surface area contributed by atoms with Crippen LogP contribution in [0.1, 0.15) is 43.2 Å². The molecule has 4 rings (SSSR count). The Morgan fingerprint density at radius 2 is 1.56 bits per heavy atom. The van der Waals surface area contributed by atoms with Gasteiger partial charge in [-0.15, -0.1) is 24.5 Å². The van der Waals surface area contributed by atoms with Crippen LogP contribution in [0.5, 0.6) is 5.75 Å². The first kappa shape index (κ1) is 32.9. The summed E-state index contributed by atoms with van der Waals surface area (Å²) < 4.78 is 6.11. The quantitative estimate of drug-likeness (QED) is 0.399. The normalized spacial score (nSPS) is 12.0. The average molecular weight is 507 g/mol. The number of benzene rings is 2. The van der Waals surface area contributed by atoms with Gasteiger partial charge in [0.05, 0.1) is 0 Å². The van der Waals surface area contributed by atoms with Gasteiger partial charge in [-0.05, 0) is 35.5 Å². The summed E-state index contributed by atoms with van der Waals surface area (Å²) in [7, 11) is 3.40. The number of anilines is 1. The van der Waals surface area contributed by atoms with Gasteiger partial charge in [-0.25, -0.2) is 0 Å². The minimum Gasteiger partial charge on any atom is -0.721 e. The second kappa shape index (κ2) is 18.2. The molecule has 0 radical (unpaired) electrons. The molecule has 2 aromatic carbocycles. The van der Waals surface area contributed by atoms with Gasteiger partial charge in [-0.2, -0.15) is 51.0 Å². The first-order chi connectivity index (χ1) is 15.5. The van der Waals surface area contributed by atoms with Crippen molar-refractivity contribution in [1.29, 1.82) is 0 Å². The monoisotopic (exact) mass is 506 g/mol. The molecule has 0 unspecified atom stereocenters. The number of halogens is 1. The van der Waals surface area contributed by atoms with Crippen LogP contribution in [0.2, 0.25) is 0 Å². The zero-order valence-corrected chi connectivity index (χ0v) is 22.4. The largest absolute Gasteiger partial charge is 1.00 e. The van der Waals surface area contributed by atoms with Gasteiger partial charge in [-0.1, -0.05) is 41.3 Å². The van der Waals surface area contributed by atoms with Gasteiger partial charge < -0.3 is 29.9 Å². The van der Waals surface area contributed by atoms with Crippen molar-refractivity contribution in [3.8, 4) is 5.75 Å². The third-order valence-electron chi connectivity index (χ3n) is 5.20. The number of pyridine rings is 1. The van der Waals surface area contributed by atoms with Crippen molar-refractivity contribution >= 4 is 32.5 Å². The van der Waals surface area contributed by atoms with Crippen LogP contribution in [-0.4, -0.2) is 18.1 Å². The van der Waals surface area contributed by atoms with Crippen LogP contribution in [-0.2, 0) is 0 Å². The Balaban J connectivity index is 0.000000498. The minimum atomic E-state index is 0. The molecule has 1 aliphatic rings. The summed E-state index contributed by atoms with van der Waals surface area (Å²) >= 11 is 3.39. The fourth-order valence-electron chi connectivity index (χ4n) is 3.43. The molecule has 1 aliphatic carbocycles. The van der Waals surface area contributed by atoms with Crippen LogP contribution >= 0.6 is 15.9 Å². The Kier molecular flexibility index (Phi) is 17.6. The number of fused-ring (bicyclic) bond motifs is 1. The second-order valence-electron chi connectivity index (χ2n) is 7.46. The van der Waals surface area contributed by atoms with Gasteiger partial charge in [-0.3, -0.25) is 4.98 Å². The maximum absolute atomic E-state index is 5.01. The number of aromatic nitrogens is 1. The maximum atomic E-state index is 5.01. The first-order valence-electron chi connectivity index (χ1n) is 10.9. The summed E-state index contributed by atoms with van der Waals surface area (Å²) in [5.74, 6) is 0.619. The molecular formula is C28H33BrLi2N2O-4. The molecule has 0 N–H and O–H groups in total. The molecule has 0 bridgehead atoms. The van der Waals surface area contributed by atoms with Crippen molar-refractivity contribution in [2.45, 2.75) is 32.1 Å². The Labute approximate surface area is 239 Å². The summed E-state index contributed by atoms with van der Waals surface area (Å²) in [5.41, 5.74) is 3.60. The van der Waals surface area contributed by atoms with Gasteiger partial charge in [0.15, 0.2) is 0 Å². The standard InChI is InChI=1S/C12H10NO.C10H12BrN.C6H11.2Li/c1-8-7-9(2)12(14-3)11-10(8)5-4-6-13-11;1-3-12(4-2)10-7-5-9(11)6-8-10;1-2-4-6-5-3-1;;/h4-7H,1-3H2;5-8H,1-4H2;1H,2-6H2;;/q-3;-2;-1;2*+1. The second-order valence-corrected chi connectivity index (χ2v) is 8.37. The minimum absolute atomic E-state index is 0. The Bertz CT molecular complexity index is 932. The molecule has 0 atom stereocenters. The Hall–Kier alpha value is -1.14. The molecule has 174 valence electrons. The predicted molar refractivity (Wildman–Crippen MR) is 141 cm³/mol.